The van der Waals surface area contributed by atoms with Gasteiger partial charge in [-0.25, -0.2) is 39.5 Å². The Morgan fingerprint density at radius 2 is 0.758 bits per heavy atom. The Kier molecular flexibility index (Phi) is 38.8. The number of Topliss-reactive ketones (excluding diaryl/α,β-unsaturated/α-hetero) is 1. The molecule has 660 valence electrons. The van der Waals surface area contributed by atoms with Gasteiger partial charge in [0.15, 0.2) is 9.84 Å². The third-order valence-corrected chi connectivity index (χ3v) is 27.6. The van der Waals surface area contributed by atoms with Crippen LogP contribution in [0.25, 0.3) is 0 Å². The molecule has 6 aromatic rings. The molecule has 3 aliphatic rings. The highest BCUT2D eigenvalue weighted by Crippen LogP contribution is 2.43. The zero-order valence-corrected chi connectivity index (χ0v) is 74.6. The molecule has 120 heavy (non-hydrogen) atoms. The van der Waals surface area contributed by atoms with Crippen molar-refractivity contribution >= 4 is 123 Å². The number of nitrogens with zero attached hydrogens (tertiary/aromatic N) is 3. The first-order chi connectivity index (χ1) is 57.3. The van der Waals surface area contributed by atoms with Crippen molar-refractivity contribution in [2.75, 3.05) is 172 Å². The molecule has 0 fully saturated rings. The molecule has 9 N–H and O–H groups in total. The van der Waals surface area contributed by atoms with Crippen molar-refractivity contribution in [3.05, 3.63) is 189 Å². The van der Waals surface area contributed by atoms with Gasteiger partial charge in [-0.3, -0.25) is 14.4 Å². The second-order valence-electron chi connectivity index (χ2n) is 30.4. The molecule has 3 aliphatic heterocycles. The number of urea groups is 1. The SMILES string of the molecule is CN1Cc2c(Cl)cc(Cl)cc2[C@H](c2cccc(S(=O)(=O)CCCOCCOCCNC(=O)CCC(CCC(=O)CCCOCCOCCNS(=O)(=O)c3cccc([C@@H]4CN(C)Cc5c(Cl)cc(Cl)cc54)c3)(CCC(=O)NCCOCCOCCNS(=O)(=O)c3cccc([C@@H]4CN(C)Cc5c(Cl)cc(Cl)cc54)c3)NC(=O)NC(CO)(CO)CO)c2)C1. The van der Waals surface area contributed by atoms with E-state index < -0.39 is 78.6 Å². The third kappa shape index (κ3) is 29.4. The quantitative estimate of drug-likeness (QED) is 0.0161. The monoisotopic (exact) mass is 1840 g/mol. The Morgan fingerprint density at radius 3 is 1.15 bits per heavy atom. The van der Waals surface area contributed by atoms with E-state index in [0.29, 0.717) is 69.4 Å². The molecule has 3 heterocycles. The number of rotatable bonds is 51. The second kappa shape index (κ2) is 47.5. The van der Waals surface area contributed by atoms with E-state index >= 15 is 0 Å². The molecule has 1 unspecified atom stereocenters. The largest absolute Gasteiger partial charge is 0.394 e. The number of fused-ring (bicyclic) bond motifs is 3. The maximum atomic E-state index is 14.0. The number of sulfone groups is 1. The van der Waals surface area contributed by atoms with E-state index in [1.165, 1.54) is 12.1 Å². The first-order valence-electron chi connectivity index (χ1n) is 39.8. The number of nitrogens with one attached hydrogen (secondary N) is 6. The molecule has 0 aromatic heterocycles. The van der Waals surface area contributed by atoms with Gasteiger partial charge in [-0.1, -0.05) is 106 Å². The number of carbonyl (C=O) groups is 4. The molecule has 0 saturated heterocycles. The zero-order valence-electron chi connectivity index (χ0n) is 67.6. The van der Waals surface area contributed by atoms with Crippen molar-refractivity contribution in [3.63, 3.8) is 0 Å². The minimum Gasteiger partial charge on any atom is -0.394 e. The predicted octanol–water partition coefficient (Wildman–Crippen LogP) is 9.24. The molecule has 0 spiro atoms. The minimum atomic E-state index is -3.93. The number of sulfonamides is 2. The van der Waals surface area contributed by atoms with Crippen molar-refractivity contribution in [1.82, 2.24) is 45.4 Å². The maximum Gasteiger partial charge on any atom is 0.315 e. The summed E-state index contributed by atoms with van der Waals surface area (Å²) in [4.78, 5) is 61.8. The van der Waals surface area contributed by atoms with Crippen LogP contribution in [0.15, 0.2) is 124 Å². The van der Waals surface area contributed by atoms with Crippen LogP contribution in [0.3, 0.4) is 0 Å². The summed E-state index contributed by atoms with van der Waals surface area (Å²) in [5.74, 6) is -1.84. The number of likely N-dealkylation sites (N-methyl/N-ethyl adjacent to an activating group) is 3. The van der Waals surface area contributed by atoms with Gasteiger partial charge in [0.2, 0.25) is 31.9 Å². The van der Waals surface area contributed by atoms with Gasteiger partial charge in [-0.05, 0) is 176 Å². The molecule has 6 aromatic carbocycles. The molecule has 28 nitrogen and oxygen atoms in total. The molecular weight excluding hydrogens is 1740 g/mol. The number of ketones is 1. The lowest BCUT2D eigenvalue weighted by Gasteiger charge is -2.37. The van der Waals surface area contributed by atoms with Crippen molar-refractivity contribution < 1.29 is 88.2 Å². The van der Waals surface area contributed by atoms with Gasteiger partial charge >= 0.3 is 6.03 Å². The first-order valence-corrected chi connectivity index (χ1v) is 46.7. The Balaban J connectivity index is 0.725. The van der Waals surface area contributed by atoms with E-state index in [1.807, 2.05) is 57.5 Å². The van der Waals surface area contributed by atoms with E-state index in [1.54, 1.807) is 60.7 Å². The number of hydrogen-bond donors (Lipinski definition) is 9. The number of carbonyl (C=O) groups excluding carboxylic acids is 4. The van der Waals surface area contributed by atoms with Crippen LogP contribution in [0.2, 0.25) is 30.1 Å². The lowest BCUT2D eigenvalue weighted by atomic mass is 9.82. The summed E-state index contributed by atoms with van der Waals surface area (Å²) in [6.07, 6.45) is -0.430. The number of hydrogen-bond acceptors (Lipinski definition) is 22. The molecule has 4 amide bonds. The molecule has 37 heteroatoms. The zero-order chi connectivity index (χ0) is 86.6. The summed E-state index contributed by atoms with van der Waals surface area (Å²) in [7, 11) is -5.62. The van der Waals surface area contributed by atoms with Gasteiger partial charge < -0.3 is 79.7 Å². The van der Waals surface area contributed by atoms with Gasteiger partial charge in [0, 0.05) is 158 Å². The number of aliphatic hydroxyl groups is 3. The summed E-state index contributed by atoms with van der Waals surface area (Å²) in [5, 5.41) is 44.5. The number of halogens is 6. The van der Waals surface area contributed by atoms with Gasteiger partial charge in [-0.2, -0.15) is 0 Å². The van der Waals surface area contributed by atoms with E-state index in [9.17, 15) is 59.8 Å². The smallest absolute Gasteiger partial charge is 0.315 e. The molecule has 0 aliphatic carbocycles. The average molecular weight is 1850 g/mol. The van der Waals surface area contributed by atoms with Crippen LogP contribution >= 0.6 is 69.6 Å². The Hall–Kier alpha value is -5.77. The Labute approximate surface area is 733 Å². The highest BCUT2D eigenvalue weighted by Gasteiger charge is 2.38. The van der Waals surface area contributed by atoms with Crippen LogP contribution in [-0.4, -0.2) is 262 Å². The van der Waals surface area contributed by atoms with Gasteiger partial charge in [0.25, 0.3) is 0 Å². The van der Waals surface area contributed by atoms with Gasteiger partial charge in [0.05, 0.1) is 106 Å². The normalized spacial score (nSPS) is 16.6. The van der Waals surface area contributed by atoms with Crippen molar-refractivity contribution in [3.8, 4) is 0 Å². The van der Waals surface area contributed by atoms with E-state index in [4.69, 9.17) is 98.0 Å². The average Bonchev–Trinajstić information content (AvgIpc) is 0.779. The van der Waals surface area contributed by atoms with Crippen LogP contribution in [-0.2, 0) is 92.3 Å². The van der Waals surface area contributed by atoms with E-state index in [-0.39, 0.29) is 207 Å². The highest BCUT2D eigenvalue weighted by molar-refractivity contribution is 7.91. The van der Waals surface area contributed by atoms with E-state index in [0.717, 1.165) is 50.1 Å². The Morgan fingerprint density at radius 1 is 0.417 bits per heavy atom. The summed E-state index contributed by atoms with van der Waals surface area (Å²) in [5.41, 5.74) is 4.74. The van der Waals surface area contributed by atoms with Crippen LogP contribution in [0.4, 0.5) is 4.79 Å². The molecule has 4 atom stereocenters. The third-order valence-electron chi connectivity index (χ3n) is 21.2. The topological polar surface area (TPSA) is 369 Å². The number of amides is 4. The maximum absolute atomic E-state index is 14.0. The summed E-state index contributed by atoms with van der Waals surface area (Å²) < 4.78 is 120. The fourth-order valence-electron chi connectivity index (χ4n) is 14.8. The fraction of sp³-hybridized carbons (Fsp3) is 0.518. The summed E-state index contributed by atoms with van der Waals surface area (Å²) >= 11 is 39.0. The van der Waals surface area contributed by atoms with Crippen molar-refractivity contribution in [2.24, 2.45) is 0 Å². The summed E-state index contributed by atoms with van der Waals surface area (Å²) in [6.45, 7) is 2.41. The summed E-state index contributed by atoms with van der Waals surface area (Å²) in [6, 6.07) is 30.2. The lowest BCUT2D eigenvalue weighted by Crippen LogP contribution is -2.63. The highest BCUT2D eigenvalue weighted by atomic mass is 35.5. The van der Waals surface area contributed by atoms with Crippen LogP contribution < -0.4 is 30.7 Å². The standard InChI is InChI=1S/C83H109Cl6N9O19S3/c1-96-48-70(67-42-60(84)45-76(87)73(67)51-96)57-9-4-13-64(39-57)118(106,107)38-8-27-113-33-34-114-28-22-90-79(103)17-20-82(94-81(105)95-83(54-99,55-100)56-101,19-16-63(102)12-7-26-112-32-35-116-30-24-92-119(108,109)65-14-5-10-58(40-65)71-49-97(2)52-74-68(71)43-61(85)46-77(74)88)21-18-80(104)91-23-29-115-36-37-117-31-25-93-120(110,111)66-15-6-11-59(41-66)72-50-98(3)53-75-69(72)44-62(86)47-78(75)89/h4-6,9-11,13-15,39-47,70-72,92-93,99-101H,7-8,12,16-38,48-56H2,1-3H3,(H,90,103)(H,91,104)(H2,94,95,105)/t70-,71-,72-,82?/m0/s1. The van der Waals surface area contributed by atoms with E-state index in [2.05, 4.69) is 45.4 Å². The number of aliphatic hydroxyl groups excluding tert-OH is 3. The number of ether oxygens (including phenoxy) is 6. The molecule has 0 radical (unpaired) electrons. The Bertz CT molecular complexity index is 4350. The van der Waals surface area contributed by atoms with Gasteiger partial charge in [0.1, 0.15) is 11.3 Å². The molecule has 0 saturated carbocycles. The molecular formula is C83H109Cl6N9O19S3. The van der Waals surface area contributed by atoms with Crippen LogP contribution in [0, 0.1) is 0 Å². The first kappa shape index (κ1) is 98.0. The molecule has 0 bridgehead atoms. The van der Waals surface area contributed by atoms with Crippen LogP contribution in [0.1, 0.15) is 126 Å². The van der Waals surface area contributed by atoms with Gasteiger partial charge in [-0.15, -0.1) is 0 Å². The lowest BCUT2D eigenvalue weighted by molar-refractivity contribution is -0.121. The molecule has 9 rings (SSSR count). The van der Waals surface area contributed by atoms with Crippen molar-refractivity contribution in [1.29, 1.82) is 0 Å². The second-order valence-corrected chi connectivity index (χ2v) is 38.6. The number of benzene rings is 6. The minimum absolute atomic E-state index is 0.0223. The predicted molar refractivity (Wildman–Crippen MR) is 462 cm³/mol. The van der Waals surface area contributed by atoms with Crippen molar-refractivity contribution in [2.45, 2.75) is 121 Å². The fourth-order valence-corrected chi connectivity index (χ4v) is 20.0. The van der Waals surface area contributed by atoms with Crippen LogP contribution in [0.5, 0.6) is 0 Å².